The maximum Gasteiger partial charge on any atom is 0.260 e. The van der Waals surface area contributed by atoms with Gasteiger partial charge in [0.1, 0.15) is 11.6 Å². The Bertz CT molecular complexity index is 628. The first kappa shape index (κ1) is 17.3. The number of benzene rings is 2. The van der Waals surface area contributed by atoms with Gasteiger partial charge in [-0.2, -0.15) is 0 Å². The number of nitrogens with one attached hydrogen (secondary N) is 1. The molecule has 1 atom stereocenters. The lowest BCUT2D eigenvalue weighted by Gasteiger charge is -2.14. The molecule has 0 heterocycles. The van der Waals surface area contributed by atoms with Crippen molar-refractivity contribution in [2.24, 2.45) is 0 Å². The summed E-state index contributed by atoms with van der Waals surface area (Å²) in [6, 6.07) is 13.3. The lowest BCUT2D eigenvalue weighted by molar-refractivity contribution is -0.127. The third-order valence-corrected chi connectivity index (χ3v) is 3.60. The third-order valence-electron chi connectivity index (χ3n) is 3.35. The lowest BCUT2D eigenvalue weighted by Crippen LogP contribution is -2.36. The average Bonchev–Trinajstić information content (AvgIpc) is 2.55. The van der Waals surface area contributed by atoms with E-state index in [0.29, 0.717) is 17.3 Å². The molecule has 0 aliphatic carbocycles. The standard InChI is InChI=1S/C18H19ClFNO2/c1-13(23-17-10-8-16(20)9-11-17)18(22)21-12-2-3-14-4-6-15(19)7-5-14/h4-11,13H,2-3,12H2,1H3,(H,21,22)/t13-/m1/s1. The molecule has 2 aromatic carbocycles. The maximum absolute atomic E-state index is 12.8. The molecule has 23 heavy (non-hydrogen) atoms. The van der Waals surface area contributed by atoms with Crippen molar-refractivity contribution in [2.45, 2.75) is 25.9 Å². The molecule has 0 saturated heterocycles. The van der Waals surface area contributed by atoms with Crippen LogP contribution in [-0.2, 0) is 11.2 Å². The van der Waals surface area contributed by atoms with Crippen molar-refractivity contribution in [3.8, 4) is 5.75 Å². The Morgan fingerprint density at radius 2 is 1.83 bits per heavy atom. The Balaban J connectivity index is 1.69. The van der Waals surface area contributed by atoms with E-state index in [9.17, 15) is 9.18 Å². The fraction of sp³-hybridized carbons (Fsp3) is 0.278. The van der Waals surface area contributed by atoms with Crippen LogP contribution in [0.25, 0.3) is 0 Å². The second kappa shape index (κ2) is 8.53. The van der Waals surface area contributed by atoms with Gasteiger partial charge in [0.05, 0.1) is 0 Å². The monoisotopic (exact) mass is 335 g/mol. The van der Waals surface area contributed by atoms with Gasteiger partial charge in [0.25, 0.3) is 5.91 Å². The molecule has 1 N–H and O–H groups in total. The smallest absolute Gasteiger partial charge is 0.260 e. The molecule has 0 bridgehead atoms. The average molecular weight is 336 g/mol. The number of carbonyl (C=O) groups excluding carboxylic acids is 1. The molecule has 5 heteroatoms. The number of aryl methyl sites for hydroxylation is 1. The summed E-state index contributed by atoms with van der Waals surface area (Å²) in [5.41, 5.74) is 1.18. The van der Waals surface area contributed by atoms with Gasteiger partial charge in [-0.15, -0.1) is 0 Å². The molecule has 3 nitrogen and oxygen atoms in total. The summed E-state index contributed by atoms with van der Waals surface area (Å²) in [5.74, 6) is -0.0581. The van der Waals surface area contributed by atoms with E-state index in [1.54, 1.807) is 6.92 Å². The maximum atomic E-state index is 12.8. The molecule has 2 aromatic rings. The van der Waals surface area contributed by atoms with Gasteiger partial charge in [-0.1, -0.05) is 23.7 Å². The van der Waals surface area contributed by atoms with Crippen LogP contribution in [0.3, 0.4) is 0 Å². The number of amides is 1. The zero-order chi connectivity index (χ0) is 16.7. The number of hydrogen-bond acceptors (Lipinski definition) is 2. The third kappa shape index (κ3) is 5.91. The van der Waals surface area contributed by atoms with Crippen molar-refractivity contribution in [2.75, 3.05) is 6.54 Å². The summed E-state index contributed by atoms with van der Waals surface area (Å²) in [4.78, 5) is 11.9. The molecule has 2 rings (SSSR count). The first-order valence-electron chi connectivity index (χ1n) is 7.49. The number of ether oxygens (including phenoxy) is 1. The van der Waals surface area contributed by atoms with Crippen LogP contribution in [0.2, 0.25) is 5.02 Å². The highest BCUT2D eigenvalue weighted by molar-refractivity contribution is 6.30. The first-order chi connectivity index (χ1) is 11.0. The van der Waals surface area contributed by atoms with Gasteiger partial charge in [0, 0.05) is 11.6 Å². The summed E-state index contributed by atoms with van der Waals surface area (Å²) in [7, 11) is 0. The second-order valence-electron chi connectivity index (χ2n) is 5.24. The Morgan fingerprint density at radius 3 is 2.48 bits per heavy atom. The number of rotatable bonds is 7. The van der Waals surface area contributed by atoms with Crippen LogP contribution in [0.1, 0.15) is 18.9 Å². The van der Waals surface area contributed by atoms with Gasteiger partial charge >= 0.3 is 0 Å². The summed E-state index contributed by atoms with van der Waals surface area (Å²) < 4.78 is 18.3. The van der Waals surface area contributed by atoms with E-state index < -0.39 is 6.10 Å². The van der Waals surface area contributed by atoms with E-state index >= 15 is 0 Å². The predicted octanol–water partition coefficient (Wildman–Crippen LogP) is 4.00. The topological polar surface area (TPSA) is 38.3 Å². The largest absolute Gasteiger partial charge is 0.481 e. The van der Waals surface area contributed by atoms with Gasteiger partial charge in [0.2, 0.25) is 0 Å². The van der Waals surface area contributed by atoms with Crippen molar-refractivity contribution in [1.29, 1.82) is 0 Å². The summed E-state index contributed by atoms with van der Waals surface area (Å²) in [6.07, 6.45) is 1.07. The molecule has 0 saturated carbocycles. The number of hydrogen-bond donors (Lipinski definition) is 1. The molecule has 122 valence electrons. The molecule has 0 spiro atoms. The molecule has 0 aliphatic heterocycles. The predicted molar refractivity (Wildman–Crippen MR) is 89.3 cm³/mol. The highest BCUT2D eigenvalue weighted by atomic mass is 35.5. The Morgan fingerprint density at radius 1 is 1.17 bits per heavy atom. The molecule has 0 aliphatic rings. The van der Waals surface area contributed by atoms with Crippen molar-refractivity contribution in [3.05, 3.63) is 64.9 Å². The zero-order valence-corrected chi connectivity index (χ0v) is 13.6. The Labute approximate surface area is 140 Å². The minimum Gasteiger partial charge on any atom is -0.481 e. The minimum atomic E-state index is -0.629. The highest BCUT2D eigenvalue weighted by Gasteiger charge is 2.13. The fourth-order valence-corrected chi connectivity index (χ4v) is 2.20. The van der Waals surface area contributed by atoms with Crippen molar-refractivity contribution < 1.29 is 13.9 Å². The molecule has 0 fully saturated rings. The summed E-state index contributed by atoms with van der Waals surface area (Å²) in [5, 5.41) is 3.55. The van der Waals surface area contributed by atoms with Gasteiger partial charge < -0.3 is 10.1 Å². The zero-order valence-electron chi connectivity index (χ0n) is 12.9. The quantitative estimate of drug-likeness (QED) is 0.777. The molecule has 0 unspecified atom stereocenters. The van der Waals surface area contributed by atoms with Crippen LogP contribution >= 0.6 is 11.6 Å². The summed E-state index contributed by atoms with van der Waals surface area (Å²) >= 11 is 5.83. The van der Waals surface area contributed by atoms with Crippen LogP contribution < -0.4 is 10.1 Å². The molecular formula is C18H19ClFNO2. The minimum absolute atomic E-state index is 0.189. The van der Waals surface area contributed by atoms with Crippen LogP contribution in [0.4, 0.5) is 4.39 Å². The fourth-order valence-electron chi connectivity index (χ4n) is 2.07. The van der Waals surface area contributed by atoms with Crippen molar-refractivity contribution in [1.82, 2.24) is 5.32 Å². The molecular weight excluding hydrogens is 317 g/mol. The number of carbonyl (C=O) groups is 1. The lowest BCUT2D eigenvalue weighted by atomic mass is 10.1. The molecule has 0 radical (unpaired) electrons. The van der Waals surface area contributed by atoms with E-state index in [1.165, 1.54) is 29.8 Å². The SMILES string of the molecule is C[C@@H](Oc1ccc(F)cc1)C(=O)NCCCc1ccc(Cl)cc1. The Kier molecular flexibility index (Phi) is 6.41. The number of halogens is 2. The van der Waals surface area contributed by atoms with Crippen molar-refractivity contribution >= 4 is 17.5 Å². The van der Waals surface area contributed by atoms with Gasteiger partial charge in [-0.05, 0) is 61.7 Å². The van der Waals surface area contributed by atoms with E-state index in [2.05, 4.69) is 5.32 Å². The van der Waals surface area contributed by atoms with Crippen LogP contribution in [0.15, 0.2) is 48.5 Å². The van der Waals surface area contributed by atoms with Gasteiger partial charge in [-0.3, -0.25) is 4.79 Å². The van der Waals surface area contributed by atoms with Crippen molar-refractivity contribution in [3.63, 3.8) is 0 Å². The van der Waals surface area contributed by atoms with E-state index in [-0.39, 0.29) is 11.7 Å². The van der Waals surface area contributed by atoms with Crippen LogP contribution in [0.5, 0.6) is 5.75 Å². The highest BCUT2D eigenvalue weighted by Crippen LogP contribution is 2.13. The molecule has 0 aromatic heterocycles. The normalized spacial score (nSPS) is 11.8. The van der Waals surface area contributed by atoms with E-state index in [0.717, 1.165) is 12.8 Å². The van der Waals surface area contributed by atoms with E-state index in [4.69, 9.17) is 16.3 Å². The first-order valence-corrected chi connectivity index (χ1v) is 7.87. The van der Waals surface area contributed by atoms with Crippen LogP contribution in [0, 0.1) is 5.82 Å². The second-order valence-corrected chi connectivity index (χ2v) is 5.67. The van der Waals surface area contributed by atoms with Gasteiger partial charge in [-0.25, -0.2) is 4.39 Å². The van der Waals surface area contributed by atoms with E-state index in [1.807, 2.05) is 24.3 Å². The Hall–Kier alpha value is -2.07. The molecule has 1 amide bonds. The summed E-state index contributed by atoms with van der Waals surface area (Å²) in [6.45, 7) is 2.23. The van der Waals surface area contributed by atoms with Crippen LogP contribution in [-0.4, -0.2) is 18.6 Å². The van der Waals surface area contributed by atoms with Gasteiger partial charge in [0.15, 0.2) is 6.10 Å².